The van der Waals surface area contributed by atoms with Gasteiger partial charge in [-0.3, -0.25) is 9.78 Å². The summed E-state index contributed by atoms with van der Waals surface area (Å²) in [5.74, 6) is -1.40. The lowest BCUT2D eigenvalue weighted by Gasteiger charge is -2.40. The van der Waals surface area contributed by atoms with Gasteiger partial charge in [0.15, 0.2) is 0 Å². The first-order valence-corrected chi connectivity index (χ1v) is 9.46. The lowest BCUT2D eigenvalue weighted by Crippen LogP contribution is -2.58. The fourth-order valence-corrected chi connectivity index (χ4v) is 3.89. The number of alkyl carbamates (subject to hydrolysis) is 1. The smallest absolute Gasteiger partial charge is 0.407 e. The summed E-state index contributed by atoms with van der Waals surface area (Å²) in [5.41, 5.74) is 0.326. The number of pyridine rings is 1. The molecule has 2 aliphatic rings. The number of β-lactam (4-membered cyclic amide) rings is 1. The number of carbonyl (C=O) groups excluding carboxylic acids is 2. The summed E-state index contributed by atoms with van der Waals surface area (Å²) in [6.45, 7) is 4.20. The Bertz CT molecular complexity index is 794. The number of hydrogen-bond donors (Lipinski definition) is 2. The molecule has 0 radical (unpaired) electrons. The molecule has 2 amide bonds. The largest absolute Gasteiger partial charge is 0.480 e. The van der Waals surface area contributed by atoms with E-state index in [4.69, 9.17) is 4.74 Å². The van der Waals surface area contributed by atoms with Crippen LogP contribution in [0.4, 0.5) is 4.79 Å². The molecule has 150 valence electrons. The Morgan fingerprint density at radius 3 is 2.89 bits per heavy atom. The number of nitrogens with zero attached hydrogens (tertiary/aromatic N) is 2. The Labute approximate surface area is 163 Å². The van der Waals surface area contributed by atoms with Gasteiger partial charge >= 0.3 is 12.1 Å². The Morgan fingerprint density at radius 2 is 2.25 bits per heavy atom. The number of amides is 2. The predicted molar refractivity (Wildman–Crippen MR) is 101 cm³/mol. The molecule has 0 aliphatic carbocycles. The van der Waals surface area contributed by atoms with Crippen molar-refractivity contribution in [3.63, 3.8) is 0 Å². The van der Waals surface area contributed by atoms with Crippen molar-refractivity contribution in [3.05, 3.63) is 35.7 Å². The van der Waals surface area contributed by atoms with Gasteiger partial charge in [0.2, 0.25) is 0 Å². The number of aliphatic carboxylic acids is 1. The predicted octanol–water partition coefficient (Wildman–Crippen LogP) is 2.07. The van der Waals surface area contributed by atoms with Crippen LogP contribution in [0.1, 0.15) is 38.8 Å². The van der Waals surface area contributed by atoms with Crippen molar-refractivity contribution in [2.45, 2.75) is 45.2 Å². The third-order valence-corrected chi connectivity index (χ3v) is 5.33. The van der Waals surface area contributed by atoms with Crippen LogP contribution in [0.25, 0.3) is 6.08 Å². The molecule has 1 aromatic heterocycles. The van der Waals surface area contributed by atoms with Crippen molar-refractivity contribution in [1.29, 1.82) is 0 Å². The van der Waals surface area contributed by atoms with Gasteiger partial charge in [0.25, 0.3) is 5.91 Å². The summed E-state index contributed by atoms with van der Waals surface area (Å²) < 4.78 is 5.29. The van der Waals surface area contributed by atoms with Gasteiger partial charge in [-0.25, -0.2) is 9.59 Å². The Morgan fingerprint density at radius 1 is 1.46 bits per heavy atom. The molecule has 0 saturated carbocycles. The van der Waals surface area contributed by atoms with E-state index in [1.807, 2.05) is 13.0 Å². The van der Waals surface area contributed by atoms with Crippen molar-refractivity contribution in [2.24, 2.45) is 5.41 Å². The molecule has 8 heteroatoms. The first-order valence-electron chi connectivity index (χ1n) is 9.46. The monoisotopic (exact) mass is 387 g/mol. The molecule has 2 N–H and O–H groups in total. The maximum Gasteiger partial charge on any atom is 0.407 e. The minimum atomic E-state index is -1.09. The SMILES string of the molecule is CCCCNC(=O)OC[C@]1(C)CC2/C(=C\c3ccccn3)C(=O)N2[C@H]1C(=O)O. The summed E-state index contributed by atoms with van der Waals surface area (Å²) in [7, 11) is 0. The average molecular weight is 387 g/mol. The Hall–Kier alpha value is -2.90. The number of rotatable bonds is 7. The van der Waals surface area contributed by atoms with Crippen LogP contribution in [0.3, 0.4) is 0 Å². The molecule has 3 rings (SSSR count). The van der Waals surface area contributed by atoms with E-state index in [0.717, 1.165) is 12.8 Å². The van der Waals surface area contributed by atoms with E-state index in [1.165, 1.54) is 4.90 Å². The molecule has 3 heterocycles. The van der Waals surface area contributed by atoms with E-state index in [2.05, 4.69) is 10.3 Å². The van der Waals surface area contributed by atoms with Crippen molar-refractivity contribution in [3.8, 4) is 0 Å². The number of unbranched alkanes of at least 4 members (excludes halogenated alkanes) is 1. The number of carboxylic acids is 1. The molecule has 8 nitrogen and oxygen atoms in total. The molecule has 0 aromatic carbocycles. The number of carbonyl (C=O) groups is 3. The van der Waals surface area contributed by atoms with E-state index in [-0.39, 0.29) is 18.6 Å². The third-order valence-electron chi connectivity index (χ3n) is 5.33. The summed E-state index contributed by atoms with van der Waals surface area (Å²) >= 11 is 0. The van der Waals surface area contributed by atoms with Gasteiger partial charge in [0.05, 0.1) is 11.7 Å². The molecule has 2 fully saturated rings. The highest BCUT2D eigenvalue weighted by molar-refractivity contribution is 6.08. The van der Waals surface area contributed by atoms with Gasteiger partial charge in [0, 0.05) is 23.7 Å². The molecule has 2 saturated heterocycles. The number of aromatic nitrogens is 1. The highest BCUT2D eigenvalue weighted by Crippen LogP contribution is 2.49. The molecule has 0 spiro atoms. The van der Waals surface area contributed by atoms with Crippen LogP contribution < -0.4 is 5.32 Å². The number of ether oxygens (including phenoxy) is 1. The van der Waals surface area contributed by atoms with Crippen molar-refractivity contribution in [2.75, 3.05) is 13.2 Å². The molecule has 3 atom stereocenters. The van der Waals surface area contributed by atoms with Crippen LogP contribution in [0, 0.1) is 5.41 Å². The van der Waals surface area contributed by atoms with Gasteiger partial charge in [-0.15, -0.1) is 0 Å². The first kappa shape index (κ1) is 19.9. The molecule has 1 aromatic rings. The zero-order valence-electron chi connectivity index (χ0n) is 16.1. The summed E-state index contributed by atoms with van der Waals surface area (Å²) in [6, 6.07) is 4.05. The second-order valence-electron chi connectivity index (χ2n) is 7.54. The van der Waals surface area contributed by atoms with E-state index >= 15 is 0 Å². The maximum atomic E-state index is 12.6. The van der Waals surface area contributed by atoms with Crippen LogP contribution >= 0.6 is 0 Å². The zero-order chi connectivity index (χ0) is 20.3. The highest BCUT2D eigenvalue weighted by atomic mass is 16.5. The van der Waals surface area contributed by atoms with Crippen LogP contribution in [0.2, 0.25) is 0 Å². The summed E-state index contributed by atoms with van der Waals surface area (Å²) in [6.07, 6.45) is 4.98. The van der Waals surface area contributed by atoms with Gasteiger partial charge in [-0.2, -0.15) is 0 Å². The van der Waals surface area contributed by atoms with E-state index in [0.29, 0.717) is 24.2 Å². The number of hydrogen-bond acceptors (Lipinski definition) is 5. The van der Waals surface area contributed by atoms with Gasteiger partial charge in [-0.05, 0) is 31.1 Å². The van der Waals surface area contributed by atoms with Gasteiger partial charge in [0.1, 0.15) is 12.6 Å². The Kier molecular flexibility index (Phi) is 5.67. The Balaban J connectivity index is 1.73. The van der Waals surface area contributed by atoms with Crippen LogP contribution in [0.5, 0.6) is 0 Å². The second-order valence-corrected chi connectivity index (χ2v) is 7.54. The van der Waals surface area contributed by atoms with Gasteiger partial charge in [-0.1, -0.05) is 26.3 Å². The normalized spacial score (nSPS) is 27.3. The quantitative estimate of drug-likeness (QED) is 0.421. The minimum absolute atomic E-state index is 0.0704. The average Bonchev–Trinajstić information content (AvgIpc) is 2.96. The molecular formula is C20H25N3O5. The van der Waals surface area contributed by atoms with E-state index in [1.54, 1.807) is 31.3 Å². The third kappa shape index (κ3) is 3.72. The number of nitrogens with one attached hydrogen (secondary N) is 1. The van der Waals surface area contributed by atoms with Crippen LogP contribution in [0.15, 0.2) is 30.0 Å². The lowest BCUT2D eigenvalue weighted by molar-refractivity contribution is -0.155. The van der Waals surface area contributed by atoms with E-state index < -0.39 is 23.5 Å². The molecular weight excluding hydrogens is 362 g/mol. The molecule has 1 unspecified atom stereocenters. The number of fused-ring (bicyclic) bond motifs is 1. The molecule has 0 bridgehead atoms. The first-order chi connectivity index (χ1) is 13.4. The lowest BCUT2D eigenvalue weighted by atomic mass is 9.81. The van der Waals surface area contributed by atoms with E-state index in [9.17, 15) is 19.5 Å². The molecule has 2 aliphatic heterocycles. The van der Waals surface area contributed by atoms with Crippen molar-refractivity contribution < 1.29 is 24.2 Å². The fourth-order valence-electron chi connectivity index (χ4n) is 3.89. The van der Waals surface area contributed by atoms with Gasteiger partial charge < -0.3 is 20.1 Å². The zero-order valence-corrected chi connectivity index (χ0v) is 16.1. The maximum absolute atomic E-state index is 12.6. The molecule has 28 heavy (non-hydrogen) atoms. The standard InChI is InChI=1S/C20H25N3O5/c1-3-4-8-22-19(27)28-12-20(2)11-15-14(10-13-7-5-6-9-21-13)17(24)23(15)16(20)18(25)26/h5-7,9-10,15-16H,3-4,8,11-12H2,1-2H3,(H,22,27)(H,25,26)/b14-10+/t15?,16-,20-/m0/s1. The van der Waals surface area contributed by atoms with Crippen molar-refractivity contribution >= 4 is 24.0 Å². The minimum Gasteiger partial charge on any atom is -0.480 e. The fraction of sp³-hybridized carbons (Fsp3) is 0.500. The topological polar surface area (TPSA) is 109 Å². The highest BCUT2D eigenvalue weighted by Gasteiger charge is 2.62. The number of carboxylic acid groups (broad SMARTS) is 1. The summed E-state index contributed by atoms with van der Waals surface area (Å²) in [5, 5.41) is 12.4. The summed E-state index contributed by atoms with van der Waals surface area (Å²) in [4.78, 5) is 41.9. The van der Waals surface area contributed by atoms with Crippen LogP contribution in [-0.2, 0) is 14.3 Å². The van der Waals surface area contributed by atoms with Crippen molar-refractivity contribution in [1.82, 2.24) is 15.2 Å². The van der Waals surface area contributed by atoms with Crippen LogP contribution in [-0.4, -0.2) is 58.2 Å². The second kappa shape index (κ2) is 8.00.